The highest BCUT2D eigenvalue weighted by Crippen LogP contribution is 2.35. The van der Waals surface area contributed by atoms with Crippen LogP contribution in [0.5, 0.6) is 0 Å². The molecule has 1 N–H and O–H groups in total. The number of aryl methyl sites for hydroxylation is 3. The highest BCUT2D eigenvalue weighted by molar-refractivity contribution is 5.94. The first-order valence-electron chi connectivity index (χ1n) is 13.6. The van der Waals surface area contributed by atoms with E-state index in [9.17, 15) is 9.90 Å². The topological polar surface area (TPSA) is 54.7 Å². The molecule has 1 atom stereocenters. The fourth-order valence-corrected chi connectivity index (χ4v) is 5.43. The van der Waals surface area contributed by atoms with E-state index in [1.54, 1.807) is 4.57 Å². The number of hydrogen-bond donors (Lipinski definition) is 1. The van der Waals surface area contributed by atoms with Crippen LogP contribution in [0, 0.1) is 13.8 Å². The molecule has 0 amide bonds. The van der Waals surface area contributed by atoms with Crippen molar-refractivity contribution in [3.05, 3.63) is 82.1 Å². The van der Waals surface area contributed by atoms with E-state index in [1.807, 2.05) is 27.0 Å². The maximum absolute atomic E-state index is 13.0. The van der Waals surface area contributed by atoms with Crippen molar-refractivity contribution in [2.75, 3.05) is 13.2 Å². The van der Waals surface area contributed by atoms with Crippen molar-refractivity contribution in [3.8, 4) is 0 Å². The summed E-state index contributed by atoms with van der Waals surface area (Å²) in [6.45, 7) is 14.1. The van der Waals surface area contributed by atoms with Crippen molar-refractivity contribution in [1.82, 2.24) is 9.47 Å². The Morgan fingerprint density at radius 3 is 2.49 bits per heavy atom. The number of ether oxygens (including phenoxy) is 1. The van der Waals surface area contributed by atoms with Crippen molar-refractivity contribution < 1.29 is 14.6 Å². The first-order valence-corrected chi connectivity index (χ1v) is 13.6. The van der Waals surface area contributed by atoms with Crippen LogP contribution >= 0.6 is 0 Å². The van der Waals surface area contributed by atoms with Gasteiger partial charge in [0, 0.05) is 31.3 Å². The second kappa shape index (κ2) is 11.2. The standard InChI is InChI=1S/C32H42N2O3/c1-7-24-10-12-26(13-11-24)29-20-25(9-8-18-35)14-16-33(29)21-28-22(2)19-23(3)30-27(28)15-17-34(30)31(36)37-32(4,5)6/h10-13,15,17,19-20,29,35H,7-9,14,16,18,21H2,1-6H3. The van der Waals surface area contributed by atoms with Gasteiger partial charge in [0.15, 0.2) is 0 Å². The largest absolute Gasteiger partial charge is 0.443 e. The number of aliphatic hydroxyl groups is 1. The van der Waals surface area contributed by atoms with E-state index in [0.29, 0.717) is 0 Å². The molecule has 198 valence electrons. The van der Waals surface area contributed by atoms with E-state index in [-0.39, 0.29) is 18.7 Å². The minimum Gasteiger partial charge on any atom is -0.443 e. The van der Waals surface area contributed by atoms with Crippen LogP contribution in [0.3, 0.4) is 0 Å². The van der Waals surface area contributed by atoms with Gasteiger partial charge in [-0.05, 0) is 94.2 Å². The van der Waals surface area contributed by atoms with Crippen LogP contribution in [0.2, 0.25) is 0 Å². The summed E-state index contributed by atoms with van der Waals surface area (Å²) in [6.07, 6.45) is 7.70. The van der Waals surface area contributed by atoms with Crippen molar-refractivity contribution in [1.29, 1.82) is 0 Å². The Morgan fingerprint density at radius 1 is 1.11 bits per heavy atom. The summed E-state index contributed by atoms with van der Waals surface area (Å²) >= 11 is 0. The third kappa shape index (κ3) is 6.16. The van der Waals surface area contributed by atoms with E-state index in [1.165, 1.54) is 27.8 Å². The lowest BCUT2D eigenvalue weighted by molar-refractivity contribution is 0.0544. The van der Waals surface area contributed by atoms with Gasteiger partial charge in [-0.3, -0.25) is 9.47 Å². The van der Waals surface area contributed by atoms with Gasteiger partial charge in [-0.2, -0.15) is 0 Å². The molecule has 2 heterocycles. The average molecular weight is 503 g/mol. The van der Waals surface area contributed by atoms with Gasteiger partial charge in [0.25, 0.3) is 0 Å². The number of fused-ring (bicyclic) bond motifs is 1. The molecule has 0 radical (unpaired) electrons. The molecule has 5 nitrogen and oxygen atoms in total. The smallest absolute Gasteiger partial charge is 0.418 e. The number of aliphatic hydroxyl groups excluding tert-OH is 1. The van der Waals surface area contributed by atoms with Gasteiger partial charge in [0.1, 0.15) is 5.60 Å². The lowest BCUT2D eigenvalue weighted by Crippen LogP contribution is -2.32. The zero-order valence-electron chi connectivity index (χ0n) is 23.3. The van der Waals surface area contributed by atoms with E-state index in [0.717, 1.165) is 55.2 Å². The fourth-order valence-electron chi connectivity index (χ4n) is 5.43. The molecule has 1 aliphatic heterocycles. The van der Waals surface area contributed by atoms with Crippen LogP contribution < -0.4 is 0 Å². The summed E-state index contributed by atoms with van der Waals surface area (Å²) < 4.78 is 7.35. The van der Waals surface area contributed by atoms with Crippen molar-refractivity contribution in [3.63, 3.8) is 0 Å². The molecule has 5 heteroatoms. The predicted octanol–water partition coefficient (Wildman–Crippen LogP) is 7.25. The van der Waals surface area contributed by atoms with Gasteiger partial charge < -0.3 is 9.84 Å². The van der Waals surface area contributed by atoms with E-state index >= 15 is 0 Å². The molecule has 2 aromatic carbocycles. The van der Waals surface area contributed by atoms with Gasteiger partial charge >= 0.3 is 6.09 Å². The first-order chi connectivity index (χ1) is 17.6. The molecule has 0 spiro atoms. The van der Waals surface area contributed by atoms with E-state index in [4.69, 9.17) is 4.74 Å². The van der Waals surface area contributed by atoms with Crippen LogP contribution in [0.4, 0.5) is 4.79 Å². The third-order valence-electron chi connectivity index (χ3n) is 7.34. The molecule has 0 saturated carbocycles. The Balaban J connectivity index is 1.71. The number of carbonyl (C=O) groups excluding carboxylic acids is 1. The Labute approximate surface area is 221 Å². The molecular weight excluding hydrogens is 460 g/mol. The number of rotatable bonds is 7. The molecule has 4 rings (SSSR count). The number of benzene rings is 2. The third-order valence-corrected chi connectivity index (χ3v) is 7.34. The van der Waals surface area contributed by atoms with E-state index in [2.05, 4.69) is 68.1 Å². The zero-order chi connectivity index (χ0) is 26.7. The molecule has 1 aromatic heterocycles. The Kier molecular flexibility index (Phi) is 8.25. The number of hydrogen-bond acceptors (Lipinski definition) is 4. The maximum Gasteiger partial charge on any atom is 0.418 e. The molecular formula is C32H42N2O3. The summed E-state index contributed by atoms with van der Waals surface area (Å²) in [5, 5.41) is 10.5. The van der Waals surface area contributed by atoms with Gasteiger partial charge in [-0.15, -0.1) is 0 Å². The van der Waals surface area contributed by atoms with Crippen LogP contribution in [-0.2, 0) is 17.7 Å². The summed E-state index contributed by atoms with van der Waals surface area (Å²) in [5.74, 6) is 0. The van der Waals surface area contributed by atoms with Crippen molar-refractivity contribution in [2.24, 2.45) is 0 Å². The lowest BCUT2D eigenvalue weighted by Gasteiger charge is -2.36. The second-order valence-electron chi connectivity index (χ2n) is 11.3. The first kappa shape index (κ1) is 27.2. The predicted molar refractivity (Wildman–Crippen MR) is 151 cm³/mol. The zero-order valence-corrected chi connectivity index (χ0v) is 23.3. The summed E-state index contributed by atoms with van der Waals surface area (Å²) in [5.41, 5.74) is 8.01. The van der Waals surface area contributed by atoms with Gasteiger partial charge in [0.2, 0.25) is 0 Å². The fraction of sp³-hybridized carbons (Fsp3) is 0.469. The Morgan fingerprint density at radius 2 is 1.84 bits per heavy atom. The SMILES string of the molecule is CCc1ccc(C2C=C(CCCO)CCN2Cc2c(C)cc(C)c3c2ccn3C(=O)OC(C)(C)C)cc1. The van der Waals surface area contributed by atoms with E-state index < -0.39 is 5.60 Å². The minimum atomic E-state index is -0.552. The summed E-state index contributed by atoms with van der Waals surface area (Å²) in [4.78, 5) is 15.5. The van der Waals surface area contributed by atoms with Crippen LogP contribution in [0.15, 0.2) is 54.2 Å². The van der Waals surface area contributed by atoms with Crippen LogP contribution in [0.1, 0.15) is 80.8 Å². The Bertz CT molecular complexity index is 1280. The van der Waals surface area contributed by atoms with Crippen LogP contribution in [-0.4, -0.2) is 39.4 Å². The number of aromatic nitrogens is 1. The molecule has 0 saturated heterocycles. The molecule has 3 aromatic rings. The molecule has 37 heavy (non-hydrogen) atoms. The summed E-state index contributed by atoms with van der Waals surface area (Å²) in [7, 11) is 0. The van der Waals surface area contributed by atoms with Gasteiger partial charge in [-0.25, -0.2) is 4.79 Å². The molecule has 1 aliphatic rings. The highest BCUT2D eigenvalue weighted by Gasteiger charge is 2.26. The average Bonchev–Trinajstić information content (AvgIpc) is 3.31. The molecule has 0 aliphatic carbocycles. The monoisotopic (exact) mass is 502 g/mol. The van der Waals surface area contributed by atoms with Gasteiger partial charge in [0.05, 0.1) is 11.6 Å². The number of carbonyl (C=O) groups is 1. The molecule has 1 unspecified atom stereocenters. The van der Waals surface area contributed by atoms with Crippen molar-refractivity contribution >= 4 is 17.0 Å². The number of nitrogens with zero attached hydrogens (tertiary/aromatic N) is 2. The molecule has 0 bridgehead atoms. The van der Waals surface area contributed by atoms with Crippen molar-refractivity contribution in [2.45, 2.75) is 85.4 Å². The second-order valence-corrected chi connectivity index (χ2v) is 11.3. The highest BCUT2D eigenvalue weighted by atomic mass is 16.6. The molecule has 0 fully saturated rings. The normalized spacial score (nSPS) is 16.7. The maximum atomic E-state index is 13.0. The summed E-state index contributed by atoms with van der Waals surface area (Å²) in [6, 6.07) is 13.4. The Hall–Kier alpha value is -2.89. The minimum absolute atomic E-state index is 0.178. The van der Waals surface area contributed by atoms with Crippen LogP contribution in [0.25, 0.3) is 10.9 Å². The quantitative estimate of drug-likeness (QED) is 0.346. The lowest BCUT2D eigenvalue weighted by atomic mass is 9.92. The van der Waals surface area contributed by atoms with Gasteiger partial charge in [-0.1, -0.05) is 48.9 Å².